The van der Waals surface area contributed by atoms with E-state index in [1.807, 2.05) is 0 Å². The number of ether oxygens (including phenoxy) is 1. The van der Waals surface area contributed by atoms with Crippen LogP contribution in [0.5, 0.6) is 0 Å². The monoisotopic (exact) mass is 242 g/mol. The molecule has 1 saturated carbocycles. The van der Waals surface area contributed by atoms with Gasteiger partial charge in [-0.15, -0.1) is 0 Å². The van der Waals surface area contributed by atoms with Gasteiger partial charge in [0, 0.05) is 26.0 Å². The fourth-order valence-electron chi connectivity index (χ4n) is 2.36. The second-order valence-corrected chi connectivity index (χ2v) is 4.83. The van der Waals surface area contributed by atoms with Gasteiger partial charge < -0.3 is 15.4 Å². The first-order chi connectivity index (χ1) is 8.08. The molecule has 5 nitrogen and oxygen atoms in total. The molecule has 0 unspecified atom stereocenters. The van der Waals surface area contributed by atoms with E-state index in [2.05, 4.69) is 10.6 Å². The third kappa shape index (κ3) is 4.73. The van der Waals surface area contributed by atoms with E-state index in [4.69, 9.17) is 4.74 Å². The molecule has 1 rings (SSSR count). The zero-order chi connectivity index (χ0) is 12.7. The minimum atomic E-state index is -0.187. The molecule has 1 fully saturated rings. The molecule has 1 aliphatic carbocycles. The molecule has 0 bridgehead atoms. The Morgan fingerprint density at radius 3 is 2.41 bits per heavy atom. The fraction of sp³-hybridized carbons (Fsp3) is 0.833. The molecule has 2 N–H and O–H groups in total. The van der Waals surface area contributed by atoms with E-state index in [1.165, 1.54) is 19.8 Å². The summed E-state index contributed by atoms with van der Waals surface area (Å²) in [7, 11) is 1.69. The van der Waals surface area contributed by atoms with Crippen molar-refractivity contribution in [2.45, 2.75) is 32.6 Å². The molecular weight excluding hydrogens is 220 g/mol. The molecule has 0 aromatic rings. The van der Waals surface area contributed by atoms with Crippen LogP contribution in [0.15, 0.2) is 0 Å². The molecule has 5 heteroatoms. The number of carbonyl (C=O) groups is 2. The van der Waals surface area contributed by atoms with Crippen LogP contribution in [0.3, 0.4) is 0 Å². The highest BCUT2D eigenvalue weighted by Crippen LogP contribution is 2.37. The Hall–Kier alpha value is -1.10. The second kappa shape index (κ2) is 6.59. The van der Waals surface area contributed by atoms with Gasteiger partial charge in [0.1, 0.15) is 0 Å². The summed E-state index contributed by atoms with van der Waals surface area (Å²) in [6.07, 6.45) is 4.60. The van der Waals surface area contributed by atoms with Gasteiger partial charge in [0.25, 0.3) is 0 Å². The van der Waals surface area contributed by atoms with E-state index in [0.29, 0.717) is 13.2 Å². The van der Waals surface area contributed by atoms with Gasteiger partial charge in [-0.25, -0.2) is 0 Å². The summed E-state index contributed by atoms with van der Waals surface area (Å²) < 4.78 is 5.24. The minimum Gasteiger partial charge on any atom is -0.384 e. The number of hydrogen-bond donors (Lipinski definition) is 2. The fourth-order valence-corrected chi connectivity index (χ4v) is 2.36. The lowest BCUT2D eigenvalue weighted by molar-refractivity contribution is -0.125. The number of amides is 2. The van der Waals surface area contributed by atoms with Crippen LogP contribution in [0, 0.1) is 5.41 Å². The van der Waals surface area contributed by atoms with E-state index in [-0.39, 0.29) is 23.8 Å². The van der Waals surface area contributed by atoms with Gasteiger partial charge in [0.2, 0.25) is 11.8 Å². The van der Waals surface area contributed by atoms with Gasteiger partial charge in [-0.1, -0.05) is 12.8 Å². The average molecular weight is 242 g/mol. The van der Waals surface area contributed by atoms with Gasteiger partial charge in [0.15, 0.2) is 0 Å². The maximum absolute atomic E-state index is 11.5. The topological polar surface area (TPSA) is 67.4 Å². The lowest BCUT2D eigenvalue weighted by Crippen LogP contribution is -2.42. The average Bonchev–Trinajstić information content (AvgIpc) is 2.73. The SMILES string of the molecule is COCC1(CNC(=O)CNC(C)=O)CCCC1. The highest BCUT2D eigenvalue weighted by molar-refractivity contribution is 5.83. The zero-order valence-electron chi connectivity index (χ0n) is 10.7. The highest BCUT2D eigenvalue weighted by atomic mass is 16.5. The Kier molecular flexibility index (Phi) is 5.41. The minimum absolute atomic E-state index is 0.0540. The zero-order valence-corrected chi connectivity index (χ0v) is 10.7. The van der Waals surface area contributed by atoms with Gasteiger partial charge in [-0.05, 0) is 12.8 Å². The van der Waals surface area contributed by atoms with Crippen LogP contribution in [0.1, 0.15) is 32.6 Å². The van der Waals surface area contributed by atoms with Crippen molar-refractivity contribution < 1.29 is 14.3 Å². The van der Waals surface area contributed by atoms with Crippen LogP contribution in [0.25, 0.3) is 0 Å². The normalized spacial score (nSPS) is 17.8. The standard InChI is InChI=1S/C12H22N2O3/c1-10(15)13-7-11(16)14-8-12(9-17-2)5-3-4-6-12/h3-9H2,1-2H3,(H,13,15)(H,14,16). The van der Waals surface area contributed by atoms with E-state index in [9.17, 15) is 9.59 Å². The Labute approximate surface area is 102 Å². The summed E-state index contributed by atoms with van der Waals surface area (Å²) in [5.41, 5.74) is 0.0979. The molecular formula is C12H22N2O3. The first kappa shape index (κ1) is 14.0. The lowest BCUT2D eigenvalue weighted by atomic mass is 9.87. The van der Waals surface area contributed by atoms with Crippen molar-refractivity contribution in [3.8, 4) is 0 Å². The van der Waals surface area contributed by atoms with Crippen LogP contribution in [0.4, 0.5) is 0 Å². The number of nitrogens with one attached hydrogen (secondary N) is 2. The van der Waals surface area contributed by atoms with E-state index >= 15 is 0 Å². The van der Waals surface area contributed by atoms with Crippen molar-refractivity contribution in [3.05, 3.63) is 0 Å². The third-order valence-corrected chi connectivity index (χ3v) is 3.27. The van der Waals surface area contributed by atoms with Crippen LogP contribution >= 0.6 is 0 Å². The smallest absolute Gasteiger partial charge is 0.239 e. The molecule has 0 aliphatic heterocycles. The molecule has 0 heterocycles. The second-order valence-electron chi connectivity index (χ2n) is 4.83. The first-order valence-corrected chi connectivity index (χ1v) is 6.08. The van der Waals surface area contributed by atoms with Crippen LogP contribution in [0.2, 0.25) is 0 Å². The predicted octanol–water partition coefficient (Wildman–Crippen LogP) is 0.445. The molecule has 2 amide bonds. The Bertz CT molecular complexity index is 273. The highest BCUT2D eigenvalue weighted by Gasteiger charge is 2.34. The van der Waals surface area contributed by atoms with Crippen molar-refractivity contribution >= 4 is 11.8 Å². The van der Waals surface area contributed by atoms with E-state index in [0.717, 1.165) is 12.8 Å². The number of hydrogen-bond acceptors (Lipinski definition) is 3. The van der Waals surface area contributed by atoms with Gasteiger partial charge in [-0.2, -0.15) is 0 Å². The maximum atomic E-state index is 11.5. The summed E-state index contributed by atoms with van der Waals surface area (Å²) >= 11 is 0. The molecule has 1 aliphatic rings. The van der Waals surface area contributed by atoms with Crippen LogP contribution < -0.4 is 10.6 Å². The molecule has 0 atom stereocenters. The molecule has 0 radical (unpaired) electrons. The van der Waals surface area contributed by atoms with Gasteiger partial charge in [0.05, 0.1) is 13.2 Å². The number of carbonyl (C=O) groups excluding carboxylic acids is 2. The number of methoxy groups -OCH3 is 1. The molecule has 98 valence electrons. The van der Waals surface area contributed by atoms with Crippen molar-refractivity contribution in [1.29, 1.82) is 0 Å². The summed E-state index contributed by atoms with van der Waals surface area (Å²) in [5.74, 6) is -0.324. The molecule has 17 heavy (non-hydrogen) atoms. The van der Waals surface area contributed by atoms with Crippen molar-refractivity contribution in [1.82, 2.24) is 10.6 Å². The number of rotatable bonds is 6. The quantitative estimate of drug-likeness (QED) is 0.710. The van der Waals surface area contributed by atoms with Crippen molar-refractivity contribution in [3.63, 3.8) is 0 Å². The Morgan fingerprint density at radius 1 is 1.24 bits per heavy atom. The first-order valence-electron chi connectivity index (χ1n) is 6.08. The molecule has 0 aromatic heterocycles. The summed E-state index contributed by atoms with van der Waals surface area (Å²) in [4.78, 5) is 22.1. The van der Waals surface area contributed by atoms with Gasteiger partial charge in [-0.3, -0.25) is 9.59 Å². The largest absolute Gasteiger partial charge is 0.384 e. The molecule has 0 aromatic carbocycles. The third-order valence-electron chi connectivity index (χ3n) is 3.27. The van der Waals surface area contributed by atoms with Gasteiger partial charge >= 0.3 is 0 Å². The maximum Gasteiger partial charge on any atom is 0.239 e. The molecule has 0 spiro atoms. The summed E-state index contributed by atoms with van der Waals surface area (Å²) in [6.45, 7) is 2.78. The lowest BCUT2D eigenvalue weighted by Gasteiger charge is -2.28. The Morgan fingerprint density at radius 2 is 1.88 bits per heavy atom. The predicted molar refractivity (Wildman–Crippen MR) is 64.5 cm³/mol. The summed E-state index contributed by atoms with van der Waals surface area (Å²) in [5, 5.41) is 5.35. The van der Waals surface area contributed by atoms with Crippen molar-refractivity contribution in [2.24, 2.45) is 5.41 Å². The Balaban J connectivity index is 2.31. The molecule has 0 saturated heterocycles. The summed E-state index contributed by atoms with van der Waals surface area (Å²) in [6, 6.07) is 0. The van der Waals surface area contributed by atoms with Crippen LogP contribution in [-0.4, -0.2) is 38.6 Å². The van der Waals surface area contributed by atoms with Crippen LogP contribution in [-0.2, 0) is 14.3 Å². The van der Waals surface area contributed by atoms with E-state index < -0.39 is 0 Å². The van der Waals surface area contributed by atoms with E-state index in [1.54, 1.807) is 7.11 Å². The van der Waals surface area contributed by atoms with Crippen molar-refractivity contribution in [2.75, 3.05) is 26.8 Å².